The highest BCUT2D eigenvalue weighted by atomic mass is 19.1. The molecule has 7 heteroatoms. The van der Waals surface area contributed by atoms with Crippen LogP contribution in [0.5, 0.6) is 11.5 Å². The molecule has 2 aromatic carbocycles. The predicted molar refractivity (Wildman–Crippen MR) is 95.7 cm³/mol. The van der Waals surface area contributed by atoms with E-state index in [-0.39, 0.29) is 6.42 Å². The van der Waals surface area contributed by atoms with Crippen LogP contribution in [0.15, 0.2) is 36.4 Å². The summed E-state index contributed by atoms with van der Waals surface area (Å²) in [4.78, 5) is 11.8. The number of hydrogen-bond donors (Lipinski definition) is 2. The second kappa shape index (κ2) is 9.72. The largest absolute Gasteiger partial charge is 0.493 e. The second-order valence-electron chi connectivity index (χ2n) is 5.58. The third-order valence-corrected chi connectivity index (χ3v) is 3.79. The highest BCUT2D eigenvalue weighted by molar-refractivity contribution is 5.91. The lowest BCUT2D eigenvalue weighted by Crippen LogP contribution is -2.24. The van der Waals surface area contributed by atoms with E-state index in [1.807, 2.05) is 18.2 Å². The molecule has 0 atom stereocenters. The molecule has 2 N–H and O–H groups in total. The third-order valence-electron chi connectivity index (χ3n) is 3.79. The number of nitrogens with one attached hydrogen (secondary N) is 2. The lowest BCUT2D eigenvalue weighted by atomic mass is 10.1. The van der Waals surface area contributed by atoms with Crippen molar-refractivity contribution in [2.45, 2.75) is 12.8 Å². The molecular formula is C19H22F2N2O3. The van der Waals surface area contributed by atoms with Gasteiger partial charge in [-0.1, -0.05) is 12.1 Å². The Balaban J connectivity index is 1.73. The molecule has 140 valence electrons. The Hall–Kier alpha value is -2.67. The van der Waals surface area contributed by atoms with Gasteiger partial charge in [-0.05, 0) is 42.8 Å². The Labute approximate surface area is 151 Å². The minimum atomic E-state index is -0.792. The molecule has 0 saturated heterocycles. The van der Waals surface area contributed by atoms with Gasteiger partial charge in [0.2, 0.25) is 5.91 Å². The van der Waals surface area contributed by atoms with Gasteiger partial charge in [-0.25, -0.2) is 8.78 Å². The first kappa shape index (κ1) is 19.7. The van der Waals surface area contributed by atoms with E-state index >= 15 is 0 Å². The summed E-state index contributed by atoms with van der Waals surface area (Å²) >= 11 is 0. The number of amides is 1. The predicted octanol–water partition coefficient (Wildman–Crippen LogP) is 3.14. The minimum Gasteiger partial charge on any atom is -0.493 e. The smallest absolute Gasteiger partial charge is 0.225 e. The van der Waals surface area contributed by atoms with Crippen molar-refractivity contribution < 1.29 is 23.0 Å². The molecule has 0 aliphatic heterocycles. The molecule has 0 unspecified atom stereocenters. The molecule has 1 amide bonds. The van der Waals surface area contributed by atoms with Crippen molar-refractivity contribution >= 4 is 11.6 Å². The minimum absolute atomic E-state index is 0.111. The highest BCUT2D eigenvalue weighted by Crippen LogP contribution is 2.27. The molecule has 0 aliphatic rings. The van der Waals surface area contributed by atoms with E-state index in [2.05, 4.69) is 10.6 Å². The molecule has 0 spiro atoms. The van der Waals surface area contributed by atoms with Gasteiger partial charge >= 0.3 is 0 Å². The Morgan fingerprint density at radius 1 is 1.00 bits per heavy atom. The summed E-state index contributed by atoms with van der Waals surface area (Å²) in [6.07, 6.45) is 0.851. The van der Waals surface area contributed by atoms with E-state index in [4.69, 9.17) is 9.47 Å². The summed E-state index contributed by atoms with van der Waals surface area (Å²) in [7, 11) is 3.16. The van der Waals surface area contributed by atoms with Gasteiger partial charge in [0.05, 0.1) is 14.2 Å². The van der Waals surface area contributed by atoms with E-state index in [0.717, 1.165) is 24.1 Å². The fourth-order valence-electron chi connectivity index (χ4n) is 2.41. The van der Waals surface area contributed by atoms with E-state index in [1.165, 1.54) is 6.07 Å². The molecule has 5 nitrogen and oxygen atoms in total. The van der Waals surface area contributed by atoms with E-state index < -0.39 is 23.2 Å². The van der Waals surface area contributed by atoms with Gasteiger partial charge in [0.25, 0.3) is 0 Å². The Bertz CT molecular complexity index is 733. The summed E-state index contributed by atoms with van der Waals surface area (Å²) in [5.41, 5.74) is 0.649. The molecule has 2 rings (SSSR count). The molecule has 0 saturated carbocycles. The number of halogens is 2. The Morgan fingerprint density at radius 3 is 2.35 bits per heavy atom. The van der Waals surface area contributed by atoms with E-state index in [0.29, 0.717) is 24.6 Å². The van der Waals surface area contributed by atoms with Gasteiger partial charge in [0.1, 0.15) is 17.3 Å². The van der Waals surface area contributed by atoms with Crippen LogP contribution in [-0.4, -0.2) is 33.2 Å². The van der Waals surface area contributed by atoms with E-state index in [9.17, 15) is 13.6 Å². The molecule has 0 aliphatic carbocycles. The quantitative estimate of drug-likeness (QED) is 0.671. The lowest BCUT2D eigenvalue weighted by Gasteiger charge is -2.10. The van der Waals surface area contributed by atoms with Gasteiger partial charge in [0, 0.05) is 13.0 Å². The van der Waals surface area contributed by atoms with Gasteiger partial charge < -0.3 is 20.1 Å². The second-order valence-corrected chi connectivity index (χ2v) is 5.58. The van der Waals surface area contributed by atoms with Crippen LogP contribution >= 0.6 is 0 Å². The zero-order valence-corrected chi connectivity index (χ0v) is 14.8. The first-order valence-corrected chi connectivity index (χ1v) is 8.20. The number of rotatable bonds is 9. The van der Waals surface area contributed by atoms with Crippen molar-refractivity contribution in [1.82, 2.24) is 5.32 Å². The van der Waals surface area contributed by atoms with Crippen LogP contribution in [0.4, 0.5) is 14.5 Å². The molecule has 0 bridgehead atoms. The average Bonchev–Trinajstić information content (AvgIpc) is 2.64. The molecule has 0 fully saturated rings. The van der Waals surface area contributed by atoms with Crippen molar-refractivity contribution in [2.75, 3.05) is 32.6 Å². The zero-order valence-electron chi connectivity index (χ0n) is 14.8. The number of anilines is 1. The van der Waals surface area contributed by atoms with Crippen molar-refractivity contribution in [3.8, 4) is 11.5 Å². The monoisotopic (exact) mass is 364 g/mol. The highest BCUT2D eigenvalue weighted by Gasteiger charge is 2.11. The average molecular weight is 364 g/mol. The van der Waals surface area contributed by atoms with Crippen molar-refractivity contribution in [2.24, 2.45) is 0 Å². The third kappa shape index (κ3) is 5.42. The van der Waals surface area contributed by atoms with Crippen LogP contribution in [0, 0.1) is 11.6 Å². The van der Waals surface area contributed by atoms with Crippen LogP contribution in [0.3, 0.4) is 0 Å². The summed E-state index contributed by atoms with van der Waals surface area (Å²) in [5, 5.41) is 5.38. The van der Waals surface area contributed by atoms with Crippen LogP contribution in [0.25, 0.3) is 0 Å². The SMILES string of the molecule is COc1ccc(CCNCCC(=O)Nc2c(F)cccc2F)cc1OC. The molecule has 26 heavy (non-hydrogen) atoms. The molecule has 2 aromatic rings. The lowest BCUT2D eigenvalue weighted by molar-refractivity contribution is -0.116. The van der Waals surface area contributed by atoms with Crippen molar-refractivity contribution in [1.29, 1.82) is 0 Å². The molecular weight excluding hydrogens is 342 g/mol. The number of methoxy groups -OCH3 is 2. The van der Waals surface area contributed by atoms with Crippen LogP contribution < -0.4 is 20.1 Å². The summed E-state index contributed by atoms with van der Waals surface area (Å²) in [6, 6.07) is 9.12. The van der Waals surface area contributed by atoms with Crippen LogP contribution in [-0.2, 0) is 11.2 Å². The maximum absolute atomic E-state index is 13.5. The Morgan fingerprint density at radius 2 is 1.69 bits per heavy atom. The number of carbonyl (C=O) groups is 1. The maximum Gasteiger partial charge on any atom is 0.225 e. The molecule has 0 heterocycles. The Kier molecular flexibility index (Phi) is 7.35. The fourth-order valence-corrected chi connectivity index (χ4v) is 2.41. The first-order valence-electron chi connectivity index (χ1n) is 8.20. The van der Waals surface area contributed by atoms with Gasteiger partial charge in [-0.15, -0.1) is 0 Å². The number of benzene rings is 2. The summed E-state index contributed by atoms with van der Waals surface area (Å²) in [6.45, 7) is 1.05. The number of hydrogen-bond acceptors (Lipinski definition) is 4. The fraction of sp³-hybridized carbons (Fsp3) is 0.316. The van der Waals surface area contributed by atoms with Crippen molar-refractivity contribution in [3.05, 3.63) is 53.6 Å². The first-order chi connectivity index (χ1) is 12.5. The van der Waals surface area contributed by atoms with Gasteiger partial charge in [-0.3, -0.25) is 4.79 Å². The topological polar surface area (TPSA) is 59.6 Å². The van der Waals surface area contributed by atoms with E-state index in [1.54, 1.807) is 14.2 Å². The summed E-state index contributed by atoms with van der Waals surface area (Å²) in [5.74, 6) is -0.704. The normalized spacial score (nSPS) is 10.5. The molecule has 0 aromatic heterocycles. The summed E-state index contributed by atoms with van der Waals surface area (Å²) < 4.78 is 37.4. The van der Waals surface area contributed by atoms with Crippen LogP contribution in [0.2, 0.25) is 0 Å². The van der Waals surface area contributed by atoms with Gasteiger partial charge in [0.15, 0.2) is 11.5 Å². The zero-order chi connectivity index (χ0) is 18.9. The number of para-hydroxylation sites is 1. The van der Waals surface area contributed by atoms with Gasteiger partial charge in [-0.2, -0.15) is 0 Å². The van der Waals surface area contributed by atoms with Crippen molar-refractivity contribution in [3.63, 3.8) is 0 Å². The maximum atomic E-state index is 13.5. The molecule has 0 radical (unpaired) electrons. The standard InChI is InChI=1S/C19H22F2N2O3/c1-25-16-7-6-13(12-17(16)26-2)8-10-22-11-9-18(24)23-19-14(20)4-3-5-15(19)21/h3-7,12,22H,8-11H2,1-2H3,(H,23,24). The van der Waals surface area contributed by atoms with Crippen LogP contribution in [0.1, 0.15) is 12.0 Å². The number of ether oxygens (including phenoxy) is 2. The number of carbonyl (C=O) groups excluding carboxylic acids is 1.